The molecule has 4 aromatic rings. The highest BCUT2D eigenvalue weighted by Gasteiger charge is 2.21. The SMILES string of the molecule is CC(OC(=O)c1ccc2ccccc2n1)c1nnc(-c2cccs2)o1. The molecule has 4 rings (SSSR count). The average molecular weight is 351 g/mol. The van der Waals surface area contributed by atoms with Crippen molar-refractivity contribution >= 4 is 28.2 Å². The van der Waals surface area contributed by atoms with E-state index < -0.39 is 12.1 Å². The minimum atomic E-state index is -0.665. The zero-order chi connectivity index (χ0) is 17.2. The first-order chi connectivity index (χ1) is 12.2. The largest absolute Gasteiger partial charge is 0.448 e. The maximum Gasteiger partial charge on any atom is 0.357 e. The molecule has 0 fully saturated rings. The number of aromatic nitrogens is 3. The van der Waals surface area contributed by atoms with Gasteiger partial charge in [0.15, 0.2) is 6.10 Å². The third-order valence-corrected chi connectivity index (χ3v) is 4.47. The first-order valence-corrected chi connectivity index (χ1v) is 8.53. The number of ether oxygens (including phenoxy) is 1. The molecular weight excluding hydrogens is 338 g/mol. The fourth-order valence-electron chi connectivity index (χ4n) is 2.35. The van der Waals surface area contributed by atoms with E-state index in [2.05, 4.69) is 15.2 Å². The van der Waals surface area contributed by atoms with E-state index in [-0.39, 0.29) is 11.6 Å². The van der Waals surface area contributed by atoms with E-state index >= 15 is 0 Å². The molecule has 0 bridgehead atoms. The van der Waals surface area contributed by atoms with Gasteiger partial charge in [-0.15, -0.1) is 21.5 Å². The summed E-state index contributed by atoms with van der Waals surface area (Å²) < 4.78 is 11.0. The minimum absolute atomic E-state index is 0.239. The smallest absolute Gasteiger partial charge is 0.357 e. The molecule has 124 valence electrons. The predicted molar refractivity (Wildman–Crippen MR) is 93.2 cm³/mol. The van der Waals surface area contributed by atoms with Gasteiger partial charge in [0.25, 0.3) is 11.8 Å². The molecule has 1 aromatic carbocycles. The summed E-state index contributed by atoms with van der Waals surface area (Å²) in [6, 6.07) is 14.8. The van der Waals surface area contributed by atoms with Crippen LogP contribution in [0, 0.1) is 0 Å². The van der Waals surface area contributed by atoms with Crippen molar-refractivity contribution in [3.63, 3.8) is 0 Å². The first-order valence-electron chi connectivity index (χ1n) is 7.65. The van der Waals surface area contributed by atoms with E-state index in [0.717, 1.165) is 15.8 Å². The van der Waals surface area contributed by atoms with Crippen molar-refractivity contribution in [2.75, 3.05) is 0 Å². The Balaban J connectivity index is 1.51. The van der Waals surface area contributed by atoms with Gasteiger partial charge in [-0.1, -0.05) is 30.3 Å². The van der Waals surface area contributed by atoms with E-state index in [1.54, 1.807) is 13.0 Å². The number of hydrogen-bond acceptors (Lipinski definition) is 7. The number of rotatable bonds is 4. The Morgan fingerprint density at radius 3 is 2.84 bits per heavy atom. The average Bonchev–Trinajstić information content (AvgIpc) is 3.32. The van der Waals surface area contributed by atoms with Gasteiger partial charge < -0.3 is 9.15 Å². The van der Waals surface area contributed by atoms with Gasteiger partial charge >= 0.3 is 5.97 Å². The molecule has 0 radical (unpaired) electrons. The Kier molecular flexibility index (Phi) is 3.99. The summed E-state index contributed by atoms with van der Waals surface area (Å²) in [5.74, 6) is 0.128. The van der Waals surface area contributed by atoms with E-state index in [0.29, 0.717) is 5.89 Å². The molecule has 0 aliphatic carbocycles. The molecule has 0 saturated heterocycles. The third-order valence-electron chi connectivity index (χ3n) is 3.61. The van der Waals surface area contributed by atoms with Crippen molar-refractivity contribution in [2.45, 2.75) is 13.0 Å². The van der Waals surface area contributed by atoms with Crippen LogP contribution in [0.2, 0.25) is 0 Å². The Labute approximate surface area is 147 Å². The minimum Gasteiger partial charge on any atom is -0.448 e. The second kappa shape index (κ2) is 6.45. The maximum absolute atomic E-state index is 12.3. The normalized spacial score (nSPS) is 12.2. The highest BCUT2D eigenvalue weighted by Crippen LogP contribution is 2.26. The number of thiophene rings is 1. The van der Waals surface area contributed by atoms with Gasteiger partial charge in [-0.2, -0.15) is 0 Å². The molecule has 25 heavy (non-hydrogen) atoms. The quantitative estimate of drug-likeness (QED) is 0.511. The van der Waals surface area contributed by atoms with Crippen LogP contribution in [0.4, 0.5) is 0 Å². The molecule has 3 heterocycles. The van der Waals surface area contributed by atoms with Crippen LogP contribution >= 0.6 is 11.3 Å². The number of pyridine rings is 1. The number of fused-ring (bicyclic) bond motifs is 1. The Hall–Kier alpha value is -3.06. The Morgan fingerprint density at radius 1 is 1.12 bits per heavy atom. The molecule has 0 N–H and O–H groups in total. The molecule has 0 aliphatic rings. The summed E-state index contributed by atoms with van der Waals surface area (Å²) in [7, 11) is 0. The van der Waals surface area contributed by atoms with Gasteiger partial charge in [0.1, 0.15) is 5.69 Å². The summed E-state index contributed by atoms with van der Waals surface area (Å²) in [6.45, 7) is 1.69. The highest BCUT2D eigenvalue weighted by atomic mass is 32.1. The van der Waals surface area contributed by atoms with Crippen LogP contribution < -0.4 is 0 Å². The van der Waals surface area contributed by atoms with Crippen molar-refractivity contribution in [1.82, 2.24) is 15.2 Å². The van der Waals surface area contributed by atoms with Crippen LogP contribution in [-0.2, 0) is 4.74 Å². The van der Waals surface area contributed by atoms with Crippen LogP contribution in [0.25, 0.3) is 21.7 Å². The van der Waals surface area contributed by atoms with Gasteiger partial charge in [-0.05, 0) is 30.5 Å². The highest BCUT2D eigenvalue weighted by molar-refractivity contribution is 7.13. The van der Waals surface area contributed by atoms with Crippen LogP contribution in [0.1, 0.15) is 29.4 Å². The van der Waals surface area contributed by atoms with Crippen molar-refractivity contribution in [1.29, 1.82) is 0 Å². The summed E-state index contributed by atoms with van der Waals surface area (Å²) >= 11 is 1.50. The molecule has 7 heteroatoms. The van der Waals surface area contributed by atoms with E-state index in [1.807, 2.05) is 47.8 Å². The monoisotopic (exact) mass is 351 g/mol. The lowest BCUT2D eigenvalue weighted by Crippen LogP contribution is -2.11. The molecule has 6 nitrogen and oxygen atoms in total. The second-order valence-corrected chi connectivity index (χ2v) is 6.31. The molecule has 3 aromatic heterocycles. The lowest BCUT2D eigenvalue weighted by atomic mass is 10.2. The summed E-state index contributed by atoms with van der Waals surface area (Å²) in [5, 5.41) is 10.8. The predicted octanol–water partition coefficient (Wildman–Crippen LogP) is 4.26. The number of esters is 1. The zero-order valence-electron chi connectivity index (χ0n) is 13.2. The third kappa shape index (κ3) is 3.14. The Morgan fingerprint density at radius 2 is 2.00 bits per heavy atom. The number of carbonyl (C=O) groups is 1. The molecular formula is C18H13N3O3S. The number of para-hydroxylation sites is 1. The number of hydrogen-bond donors (Lipinski definition) is 0. The van der Waals surface area contributed by atoms with E-state index in [1.165, 1.54) is 11.3 Å². The van der Waals surface area contributed by atoms with Gasteiger partial charge in [0.2, 0.25) is 0 Å². The fraction of sp³-hybridized carbons (Fsp3) is 0.111. The molecule has 0 saturated carbocycles. The maximum atomic E-state index is 12.3. The number of carbonyl (C=O) groups excluding carboxylic acids is 1. The van der Waals surface area contributed by atoms with Gasteiger partial charge in [0.05, 0.1) is 10.4 Å². The lowest BCUT2D eigenvalue weighted by Gasteiger charge is -2.09. The van der Waals surface area contributed by atoms with Gasteiger partial charge in [-0.3, -0.25) is 0 Å². The van der Waals surface area contributed by atoms with Crippen molar-refractivity contribution in [3.05, 3.63) is 65.5 Å². The van der Waals surface area contributed by atoms with Crippen LogP contribution in [0.5, 0.6) is 0 Å². The fourth-order valence-corrected chi connectivity index (χ4v) is 2.99. The van der Waals surface area contributed by atoms with Crippen molar-refractivity contribution in [2.24, 2.45) is 0 Å². The molecule has 0 amide bonds. The zero-order valence-corrected chi connectivity index (χ0v) is 14.1. The summed E-state index contributed by atoms with van der Waals surface area (Å²) in [5.41, 5.74) is 0.978. The van der Waals surface area contributed by atoms with Crippen molar-refractivity contribution in [3.8, 4) is 10.8 Å². The molecule has 0 spiro atoms. The lowest BCUT2D eigenvalue weighted by molar-refractivity contribution is 0.0273. The molecule has 1 atom stereocenters. The number of nitrogens with zero attached hydrogens (tertiary/aromatic N) is 3. The first kappa shape index (κ1) is 15.5. The number of benzene rings is 1. The van der Waals surface area contributed by atoms with Crippen molar-refractivity contribution < 1.29 is 13.9 Å². The molecule has 0 aliphatic heterocycles. The molecule has 1 unspecified atom stereocenters. The topological polar surface area (TPSA) is 78.1 Å². The standard InChI is InChI=1S/C18H13N3O3S/c1-11(16-20-21-17(24-16)15-7-4-10-25-15)23-18(22)14-9-8-12-5-2-3-6-13(12)19-14/h2-11H,1H3. The van der Waals surface area contributed by atoms with Crippen LogP contribution in [0.15, 0.2) is 58.3 Å². The van der Waals surface area contributed by atoms with Gasteiger partial charge in [-0.25, -0.2) is 9.78 Å². The van der Waals surface area contributed by atoms with Gasteiger partial charge in [0, 0.05) is 5.39 Å². The van der Waals surface area contributed by atoms with Crippen LogP contribution in [0.3, 0.4) is 0 Å². The van der Waals surface area contributed by atoms with E-state index in [4.69, 9.17) is 9.15 Å². The van der Waals surface area contributed by atoms with Crippen LogP contribution in [-0.4, -0.2) is 21.2 Å². The summed E-state index contributed by atoms with van der Waals surface area (Å²) in [6.07, 6.45) is -0.665. The Bertz CT molecular complexity index is 1030. The summed E-state index contributed by atoms with van der Waals surface area (Å²) in [4.78, 5) is 17.5. The van der Waals surface area contributed by atoms with E-state index in [9.17, 15) is 4.79 Å². The second-order valence-electron chi connectivity index (χ2n) is 5.36.